The molecule has 1 atom stereocenters. The molecule has 1 amide bonds. The highest BCUT2D eigenvalue weighted by molar-refractivity contribution is 5.79. The van der Waals surface area contributed by atoms with Gasteiger partial charge in [-0.2, -0.15) is 0 Å². The Balaban J connectivity index is 1.51. The third-order valence-corrected chi connectivity index (χ3v) is 6.43. The molecule has 1 unspecified atom stereocenters. The van der Waals surface area contributed by atoms with Crippen LogP contribution in [0.15, 0.2) is 0 Å². The first-order chi connectivity index (χ1) is 9.24. The van der Waals surface area contributed by atoms with E-state index in [1.54, 1.807) is 0 Å². The average molecular weight is 262 g/mol. The molecule has 0 spiro atoms. The van der Waals surface area contributed by atoms with Gasteiger partial charge in [0.25, 0.3) is 0 Å². The lowest BCUT2D eigenvalue weighted by Crippen LogP contribution is -2.61. The Hall–Kier alpha value is -0.570. The van der Waals surface area contributed by atoms with E-state index in [0.29, 0.717) is 18.5 Å². The summed E-state index contributed by atoms with van der Waals surface area (Å²) in [5.74, 6) is 5.16. The van der Waals surface area contributed by atoms with Gasteiger partial charge in [0, 0.05) is 19.1 Å². The van der Waals surface area contributed by atoms with Gasteiger partial charge in [0.2, 0.25) is 5.91 Å². The van der Waals surface area contributed by atoms with Gasteiger partial charge in [-0.15, -0.1) is 0 Å². The third kappa shape index (κ3) is 1.93. The first-order valence-electron chi connectivity index (χ1n) is 8.25. The Kier molecular flexibility index (Phi) is 2.87. The van der Waals surface area contributed by atoms with Crippen LogP contribution in [0.3, 0.4) is 0 Å². The Morgan fingerprint density at radius 3 is 2.32 bits per heavy atom. The highest BCUT2D eigenvalue weighted by atomic mass is 16.2. The zero-order chi connectivity index (χ0) is 13.0. The van der Waals surface area contributed by atoms with E-state index in [1.807, 2.05) is 0 Å². The number of nitrogens with zero attached hydrogens (tertiary/aromatic N) is 1. The number of hydrogen-bond donors (Lipinski definition) is 1. The summed E-state index contributed by atoms with van der Waals surface area (Å²) in [5, 5.41) is 3.57. The topological polar surface area (TPSA) is 32.3 Å². The van der Waals surface area contributed by atoms with E-state index < -0.39 is 0 Å². The van der Waals surface area contributed by atoms with E-state index in [0.717, 1.165) is 42.7 Å². The van der Waals surface area contributed by atoms with Gasteiger partial charge >= 0.3 is 0 Å². The molecule has 0 aromatic rings. The average Bonchev–Trinajstić information content (AvgIpc) is 2.39. The summed E-state index contributed by atoms with van der Waals surface area (Å²) in [5.41, 5.74) is 0. The van der Waals surface area contributed by atoms with Crippen molar-refractivity contribution in [3.8, 4) is 0 Å². The molecule has 4 bridgehead atoms. The van der Waals surface area contributed by atoms with Crippen LogP contribution in [0.5, 0.6) is 0 Å². The number of hydrogen-bond acceptors (Lipinski definition) is 2. The molecule has 19 heavy (non-hydrogen) atoms. The number of carbonyl (C=O) groups is 1. The Labute approximate surface area is 116 Å². The second kappa shape index (κ2) is 4.47. The van der Waals surface area contributed by atoms with Gasteiger partial charge in [-0.25, -0.2) is 0 Å². The van der Waals surface area contributed by atoms with Crippen LogP contribution in [-0.2, 0) is 4.79 Å². The second-order valence-electron chi connectivity index (χ2n) is 7.43. The largest absolute Gasteiger partial charge is 0.340 e. The van der Waals surface area contributed by atoms with Crippen molar-refractivity contribution in [2.75, 3.05) is 19.6 Å². The molecular weight excluding hydrogens is 236 g/mol. The molecule has 4 saturated carbocycles. The minimum atomic E-state index is 0.294. The molecule has 0 radical (unpaired) electrons. The predicted molar refractivity (Wildman–Crippen MR) is 74.6 cm³/mol. The van der Waals surface area contributed by atoms with Gasteiger partial charge in [0.15, 0.2) is 0 Å². The van der Waals surface area contributed by atoms with Gasteiger partial charge in [-0.3, -0.25) is 4.79 Å². The highest BCUT2D eigenvalue weighted by Gasteiger charge is 2.51. The van der Waals surface area contributed by atoms with Crippen LogP contribution in [-0.4, -0.2) is 36.5 Å². The summed E-state index contributed by atoms with van der Waals surface area (Å²) >= 11 is 0. The zero-order valence-corrected chi connectivity index (χ0v) is 12.0. The zero-order valence-electron chi connectivity index (χ0n) is 12.0. The summed E-state index contributed by atoms with van der Waals surface area (Å²) in [7, 11) is 0. The normalized spacial score (nSPS) is 48.9. The second-order valence-corrected chi connectivity index (χ2v) is 7.43. The van der Waals surface area contributed by atoms with Gasteiger partial charge < -0.3 is 10.2 Å². The van der Waals surface area contributed by atoms with Crippen molar-refractivity contribution in [3.63, 3.8) is 0 Å². The van der Waals surface area contributed by atoms with E-state index >= 15 is 0 Å². The lowest BCUT2D eigenvalue weighted by molar-refractivity contribution is -0.135. The summed E-state index contributed by atoms with van der Waals surface area (Å²) in [4.78, 5) is 13.9. The predicted octanol–water partition coefficient (Wildman–Crippen LogP) is 1.88. The van der Waals surface area contributed by atoms with Crippen LogP contribution in [0.1, 0.15) is 39.0 Å². The van der Waals surface area contributed by atoms with Crippen molar-refractivity contribution in [3.05, 3.63) is 0 Å². The molecule has 1 saturated heterocycles. The number of likely N-dealkylation sites (N-methyl/N-ethyl adjacent to an activating group) is 1. The number of carbonyl (C=O) groups excluding carboxylic acids is 1. The smallest absolute Gasteiger partial charge is 0.236 e. The maximum Gasteiger partial charge on any atom is 0.236 e. The molecule has 4 aliphatic carbocycles. The SMILES string of the molecule is CCN1CC(C2C3CC4CC(C3)CC2C4)NCC1=O. The fourth-order valence-corrected chi connectivity index (χ4v) is 5.92. The molecule has 1 aliphatic heterocycles. The van der Waals surface area contributed by atoms with Crippen molar-refractivity contribution in [1.82, 2.24) is 10.2 Å². The summed E-state index contributed by atoms with van der Waals surface area (Å²) in [6.45, 7) is 4.52. The van der Waals surface area contributed by atoms with Gasteiger partial charge in [0.1, 0.15) is 0 Å². The maximum atomic E-state index is 11.8. The number of rotatable bonds is 2. The highest BCUT2D eigenvalue weighted by Crippen LogP contribution is 2.57. The molecule has 5 rings (SSSR count). The molecule has 3 nitrogen and oxygen atoms in total. The maximum absolute atomic E-state index is 11.8. The van der Waals surface area contributed by atoms with Crippen LogP contribution < -0.4 is 5.32 Å². The molecule has 1 heterocycles. The summed E-state index contributed by atoms with van der Waals surface area (Å²) in [6.07, 6.45) is 7.45. The molecule has 3 heteroatoms. The third-order valence-electron chi connectivity index (χ3n) is 6.43. The molecule has 106 valence electrons. The molecule has 5 aliphatic rings. The van der Waals surface area contributed by atoms with E-state index in [9.17, 15) is 4.79 Å². The number of nitrogens with one attached hydrogen (secondary N) is 1. The standard InChI is InChI=1S/C16H26N2O/c1-2-18-9-14(17-8-15(18)19)16-12-4-10-3-11(6-12)7-13(16)5-10/h10-14,16-17H,2-9H2,1H3. The van der Waals surface area contributed by atoms with E-state index in [-0.39, 0.29) is 0 Å². The van der Waals surface area contributed by atoms with Crippen molar-refractivity contribution in [1.29, 1.82) is 0 Å². The van der Waals surface area contributed by atoms with Crippen molar-refractivity contribution in [2.24, 2.45) is 29.6 Å². The van der Waals surface area contributed by atoms with Crippen molar-refractivity contribution < 1.29 is 4.79 Å². The fraction of sp³-hybridized carbons (Fsp3) is 0.938. The molecule has 5 fully saturated rings. The van der Waals surface area contributed by atoms with Crippen LogP contribution in [0, 0.1) is 29.6 Å². The van der Waals surface area contributed by atoms with Crippen LogP contribution in [0.4, 0.5) is 0 Å². The van der Waals surface area contributed by atoms with Crippen molar-refractivity contribution >= 4 is 5.91 Å². The monoisotopic (exact) mass is 262 g/mol. The van der Waals surface area contributed by atoms with Crippen LogP contribution in [0.2, 0.25) is 0 Å². The number of piperazine rings is 1. The number of amides is 1. The minimum absolute atomic E-state index is 0.294. The van der Waals surface area contributed by atoms with Crippen LogP contribution >= 0.6 is 0 Å². The molecule has 0 aromatic carbocycles. The molecular formula is C16H26N2O. The fourth-order valence-electron chi connectivity index (χ4n) is 5.92. The van der Waals surface area contributed by atoms with E-state index in [4.69, 9.17) is 0 Å². The first kappa shape index (κ1) is 12.2. The summed E-state index contributed by atoms with van der Waals surface area (Å²) < 4.78 is 0. The van der Waals surface area contributed by atoms with Gasteiger partial charge in [0.05, 0.1) is 6.54 Å². The Morgan fingerprint density at radius 1 is 1.11 bits per heavy atom. The van der Waals surface area contributed by atoms with E-state index in [2.05, 4.69) is 17.1 Å². The van der Waals surface area contributed by atoms with E-state index in [1.165, 1.54) is 32.1 Å². The van der Waals surface area contributed by atoms with Gasteiger partial charge in [-0.1, -0.05) is 0 Å². The Bertz CT molecular complexity index is 353. The molecule has 1 N–H and O–H groups in total. The van der Waals surface area contributed by atoms with Gasteiger partial charge in [-0.05, 0) is 68.6 Å². The van der Waals surface area contributed by atoms with Crippen LogP contribution in [0.25, 0.3) is 0 Å². The lowest BCUT2D eigenvalue weighted by Gasteiger charge is -2.57. The van der Waals surface area contributed by atoms with Crippen molar-refractivity contribution in [2.45, 2.75) is 45.1 Å². The minimum Gasteiger partial charge on any atom is -0.340 e. The Morgan fingerprint density at radius 2 is 1.74 bits per heavy atom. The summed E-state index contributed by atoms with van der Waals surface area (Å²) in [6, 6.07) is 0.577. The first-order valence-corrected chi connectivity index (χ1v) is 8.25. The molecule has 0 aromatic heterocycles. The lowest BCUT2D eigenvalue weighted by atomic mass is 9.50. The quantitative estimate of drug-likeness (QED) is 0.824.